The Kier molecular flexibility index (Phi) is 7.06. The molecule has 180 valence electrons. The number of hydrogen-bond donors (Lipinski definition) is 1. The van der Waals surface area contributed by atoms with Crippen molar-refractivity contribution in [3.05, 3.63) is 87.7 Å². The molecule has 0 bridgehead atoms. The van der Waals surface area contributed by atoms with E-state index >= 15 is 0 Å². The van der Waals surface area contributed by atoms with E-state index in [1.807, 2.05) is 25.1 Å². The van der Waals surface area contributed by atoms with Gasteiger partial charge in [0, 0.05) is 16.3 Å². The number of methoxy groups -OCH3 is 1. The molecule has 11 heteroatoms. The number of hydrogen-bond acceptors (Lipinski definition) is 6. The SMILES string of the molecule is COC(=O)Cn1c(=NC(=O)c2ccc(NS(=O)(=O)c3ccc(Cl)cc3)cc2)sc2cc(C)ccc21. The molecule has 4 rings (SSSR count). The molecular formula is C24H20ClN3O5S2. The van der Waals surface area contributed by atoms with Gasteiger partial charge in [0.25, 0.3) is 15.9 Å². The molecule has 35 heavy (non-hydrogen) atoms. The van der Waals surface area contributed by atoms with Gasteiger partial charge in [-0.15, -0.1) is 0 Å². The Morgan fingerprint density at radius 3 is 2.40 bits per heavy atom. The standard InChI is InChI=1S/C24H20ClN3O5S2/c1-15-3-12-20-21(13-15)34-24(28(20)14-22(29)33-2)26-23(30)16-4-8-18(9-5-16)27-35(31,32)19-10-6-17(25)7-11-19/h3-13,27H,14H2,1-2H3. The Morgan fingerprint density at radius 1 is 1.06 bits per heavy atom. The van der Waals surface area contributed by atoms with Crippen LogP contribution in [-0.4, -0.2) is 32.0 Å². The van der Waals surface area contributed by atoms with Gasteiger partial charge in [-0.25, -0.2) is 8.42 Å². The van der Waals surface area contributed by atoms with Gasteiger partial charge in [-0.05, 0) is 73.2 Å². The molecule has 0 aliphatic heterocycles. The summed E-state index contributed by atoms with van der Waals surface area (Å²) >= 11 is 7.11. The van der Waals surface area contributed by atoms with Crippen molar-refractivity contribution in [2.45, 2.75) is 18.4 Å². The molecule has 1 N–H and O–H groups in total. The van der Waals surface area contributed by atoms with Gasteiger partial charge in [0.05, 0.1) is 22.2 Å². The van der Waals surface area contributed by atoms with E-state index in [0.29, 0.717) is 9.82 Å². The van der Waals surface area contributed by atoms with Gasteiger partial charge >= 0.3 is 5.97 Å². The molecule has 0 unspecified atom stereocenters. The van der Waals surface area contributed by atoms with Crippen LogP contribution in [0.1, 0.15) is 15.9 Å². The van der Waals surface area contributed by atoms with E-state index in [1.165, 1.54) is 67.0 Å². The van der Waals surface area contributed by atoms with E-state index in [4.69, 9.17) is 16.3 Å². The molecule has 0 aliphatic rings. The van der Waals surface area contributed by atoms with Crippen molar-refractivity contribution in [3.63, 3.8) is 0 Å². The van der Waals surface area contributed by atoms with E-state index in [2.05, 4.69) is 9.71 Å². The Morgan fingerprint density at radius 2 is 1.74 bits per heavy atom. The lowest BCUT2D eigenvalue weighted by atomic mass is 10.2. The molecule has 4 aromatic rings. The van der Waals surface area contributed by atoms with Crippen LogP contribution in [0.2, 0.25) is 5.02 Å². The van der Waals surface area contributed by atoms with E-state index in [-0.39, 0.29) is 22.7 Å². The Balaban J connectivity index is 1.62. The number of esters is 1. The fourth-order valence-corrected chi connectivity index (χ4v) is 5.58. The lowest BCUT2D eigenvalue weighted by molar-refractivity contribution is -0.141. The van der Waals surface area contributed by atoms with Gasteiger partial charge < -0.3 is 9.30 Å². The second-order valence-electron chi connectivity index (χ2n) is 7.57. The van der Waals surface area contributed by atoms with Crippen molar-refractivity contribution in [2.24, 2.45) is 4.99 Å². The minimum atomic E-state index is -3.81. The van der Waals surface area contributed by atoms with Crippen LogP contribution in [0.25, 0.3) is 10.2 Å². The number of benzene rings is 3. The maximum atomic E-state index is 12.9. The lowest BCUT2D eigenvalue weighted by Gasteiger charge is -2.08. The van der Waals surface area contributed by atoms with Crippen molar-refractivity contribution >= 4 is 60.7 Å². The van der Waals surface area contributed by atoms with Crippen LogP contribution < -0.4 is 9.52 Å². The number of halogens is 1. The van der Waals surface area contributed by atoms with E-state index < -0.39 is 21.9 Å². The third-order valence-corrected chi connectivity index (χ3v) is 7.75. The topological polar surface area (TPSA) is 107 Å². The molecule has 3 aromatic carbocycles. The van der Waals surface area contributed by atoms with Gasteiger partial charge in [-0.3, -0.25) is 14.3 Å². The number of carbonyl (C=O) groups is 2. The number of aryl methyl sites for hydroxylation is 1. The second-order valence-corrected chi connectivity index (χ2v) is 10.7. The normalized spacial score (nSPS) is 12.0. The minimum Gasteiger partial charge on any atom is -0.468 e. The fraction of sp³-hybridized carbons (Fsp3) is 0.125. The molecule has 0 radical (unpaired) electrons. The van der Waals surface area contributed by atoms with Crippen molar-refractivity contribution in [2.75, 3.05) is 11.8 Å². The van der Waals surface area contributed by atoms with E-state index in [1.54, 1.807) is 4.57 Å². The molecule has 0 saturated heterocycles. The molecule has 1 heterocycles. The number of nitrogens with one attached hydrogen (secondary N) is 1. The number of fused-ring (bicyclic) bond motifs is 1. The van der Waals surface area contributed by atoms with Gasteiger partial charge in [-0.2, -0.15) is 4.99 Å². The summed E-state index contributed by atoms with van der Waals surface area (Å²) in [5, 5.41) is 0.428. The first-order valence-corrected chi connectivity index (χ1v) is 13.0. The van der Waals surface area contributed by atoms with E-state index in [9.17, 15) is 18.0 Å². The average Bonchev–Trinajstić information content (AvgIpc) is 3.15. The number of ether oxygens (including phenoxy) is 1. The highest BCUT2D eigenvalue weighted by molar-refractivity contribution is 7.92. The Hall–Kier alpha value is -3.47. The number of aromatic nitrogens is 1. The van der Waals surface area contributed by atoms with Crippen LogP contribution in [0.4, 0.5) is 5.69 Å². The lowest BCUT2D eigenvalue weighted by Crippen LogP contribution is -2.22. The molecule has 0 atom stereocenters. The summed E-state index contributed by atoms with van der Waals surface area (Å²) in [7, 11) is -2.51. The molecule has 0 spiro atoms. The zero-order valence-corrected chi connectivity index (χ0v) is 21.1. The summed E-state index contributed by atoms with van der Waals surface area (Å²) in [6.45, 7) is 1.87. The van der Waals surface area contributed by atoms with Gasteiger partial charge in [0.15, 0.2) is 4.80 Å². The van der Waals surface area contributed by atoms with Crippen LogP contribution in [-0.2, 0) is 26.1 Å². The third kappa shape index (κ3) is 5.61. The summed E-state index contributed by atoms with van der Waals surface area (Å²) in [5.41, 5.74) is 2.36. The first-order chi connectivity index (χ1) is 16.7. The molecule has 0 fully saturated rings. The molecule has 8 nitrogen and oxygen atoms in total. The number of nitrogens with zero attached hydrogens (tertiary/aromatic N) is 2. The van der Waals surface area contributed by atoms with Crippen molar-refractivity contribution in [3.8, 4) is 0 Å². The summed E-state index contributed by atoms with van der Waals surface area (Å²) in [5.74, 6) is -0.990. The fourth-order valence-electron chi connectivity index (χ4n) is 3.27. The van der Waals surface area contributed by atoms with Crippen molar-refractivity contribution in [1.29, 1.82) is 0 Å². The number of sulfonamides is 1. The number of anilines is 1. The Labute approximate surface area is 210 Å². The summed E-state index contributed by atoms with van der Waals surface area (Å²) in [4.78, 5) is 29.5. The smallest absolute Gasteiger partial charge is 0.325 e. The first-order valence-electron chi connectivity index (χ1n) is 10.3. The zero-order valence-electron chi connectivity index (χ0n) is 18.7. The largest absolute Gasteiger partial charge is 0.468 e. The predicted octanol–water partition coefficient (Wildman–Crippen LogP) is 4.38. The van der Waals surface area contributed by atoms with Crippen LogP contribution in [0.15, 0.2) is 76.6 Å². The summed E-state index contributed by atoms with van der Waals surface area (Å²) in [6.07, 6.45) is 0. The number of amides is 1. The number of carbonyl (C=O) groups excluding carboxylic acids is 2. The summed E-state index contributed by atoms with van der Waals surface area (Å²) in [6, 6.07) is 17.4. The second kappa shape index (κ2) is 10.0. The average molecular weight is 530 g/mol. The quantitative estimate of drug-likeness (QED) is 0.373. The monoisotopic (exact) mass is 529 g/mol. The van der Waals surface area contributed by atoms with E-state index in [0.717, 1.165) is 15.8 Å². The highest BCUT2D eigenvalue weighted by atomic mass is 35.5. The zero-order chi connectivity index (χ0) is 25.2. The van der Waals surface area contributed by atoms with Crippen LogP contribution >= 0.6 is 22.9 Å². The van der Waals surface area contributed by atoms with Crippen LogP contribution in [0.3, 0.4) is 0 Å². The molecule has 0 saturated carbocycles. The highest BCUT2D eigenvalue weighted by Gasteiger charge is 2.15. The molecule has 1 amide bonds. The number of thiazole rings is 1. The van der Waals surface area contributed by atoms with Gasteiger partial charge in [0.1, 0.15) is 6.54 Å². The van der Waals surface area contributed by atoms with Crippen molar-refractivity contribution in [1.82, 2.24) is 4.57 Å². The minimum absolute atomic E-state index is 0.0622. The van der Waals surface area contributed by atoms with Gasteiger partial charge in [-0.1, -0.05) is 29.0 Å². The van der Waals surface area contributed by atoms with Crippen LogP contribution in [0, 0.1) is 6.92 Å². The summed E-state index contributed by atoms with van der Waals surface area (Å²) < 4.78 is 34.9. The Bertz CT molecular complexity index is 1590. The predicted molar refractivity (Wildman–Crippen MR) is 135 cm³/mol. The highest BCUT2D eigenvalue weighted by Crippen LogP contribution is 2.21. The van der Waals surface area contributed by atoms with Crippen LogP contribution in [0.5, 0.6) is 0 Å². The number of rotatable bonds is 6. The molecular weight excluding hydrogens is 510 g/mol. The molecule has 1 aromatic heterocycles. The third-order valence-electron chi connectivity index (χ3n) is 5.06. The maximum Gasteiger partial charge on any atom is 0.325 e. The first kappa shape index (κ1) is 24.6. The van der Waals surface area contributed by atoms with Crippen molar-refractivity contribution < 1.29 is 22.7 Å². The molecule has 0 aliphatic carbocycles. The maximum absolute atomic E-state index is 12.9. The van der Waals surface area contributed by atoms with Gasteiger partial charge in [0.2, 0.25) is 0 Å².